The number of aromatic nitrogens is 2. The zero-order valence-corrected chi connectivity index (χ0v) is 13.2. The number of amides is 1. The van der Waals surface area contributed by atoms with Gasteiger partial charge in [-0.3, -0.25) is 4.79 Å². The van der Waals surface area contributed by atoms with Gasteiger partial charge in [-0.1, -0.05) is 12.1 Å². The number of nitrogens with zero attached hydrogens (tertiary/aromatic N) is 2. The number of hydrogen-bond acceptors (Lipinski definition) is 6. The highest BCUT2D eigenvalue weighted by Crippen LogP contribution is 2.17. The quantitative estimate of drug-likeness (QED) is 0.657. The average Bonchev–Trinajstić information content (AvgIpc) is 3.01. The maximum Gasteiger partial charge on any atom is 0.292 e. The molecule has 8 heteroatoms. The summed E-state index contributed by atoms with van der Waals surface area (Å²) >= 11 is 5.56. The molecule has 0 bridgehead atoms. The molecule has 122 valence electrons. The fraction of sp³-hybridized carbons (Fsp3) is 0.0625. The SMILES string of the molecule is Nc1ncccc1NCc1cccc(NC(=O)c2coc(Cl)n2)c1. The van der Waals surface area contributed by atoms with Crippen LogP contribution in [-0.4, -0.2) is 15.9 Å². The monoisotopic (exact) mass is 343 g/mol. The molecule has 2 aromatic heterocycles. The fourth-order valence-electron chi connectivity index (χ4n) is 2.07. The molecule has 3 aromatic rings. The molecule has 1 aromatic carbocycles. The Hall–Kier alpha value is -3.06. The molecule has 0 aliphatic carbocycles. The van der Waals surface area contributed by atoms with Gasteiger partial charge >= 0.3 is 0 Å². The predicted molar refractivity (Wildman–Crippen MR) is 91.9 cm³/mol. The summed E-state index contributed by atoms with van der Waals surface area (Å²) in [5.41, 5.74) is 8.26. The number of rotatable bonds is 5. The highest BCUT2D eigenvalue weighted by molar-refractivity contribution is 6.28. The lowest BCUT2D eigenvalue weighted by Gasteiger charge is -2.10. The number of nitrogen functional groups attached to an aromatic ring is 1. The average molecular weight is 344 g/mol. The van der Waals surface area contributed by atoms with E-state index >= 15 is 0 Å². The van der Waals surface area contributed by atoms with Crippen LogP contribution >= 0.6 is 11.6 Å². The van der Waals surface area contributed by atoms with Crippen molar-refractivity contribution in [2.75, 3.05) is 16.4 Å². The maximum absolute atomic E-state index is 12.0. The molecule has 1 amide bonds. The lowest BCUT2D eigenvalue weighted by atomic mass is 10.2. The van der Waals surface area contributed by atoms with Crippen LogP contribution in [0.15, 0.2) is 53.3 Å². The number of hydrogen-bond donors (Lipinski definition) is 3. The lowest BCUT2D eigenvalue weighted by molar-refractivity contribution is 0.102. The van der Waals surface area contributed by atoms with Gasteiger partial charge < -0.3 is 20.8 Å². The van der Waals surface area contributed by atoms with Crippen LogP contribution in [0.4, 0.5) is 17.2 Å². The van der Waals surface area contributed by atoms with Crippen molar-refractivity contribution in [1.82, 2.24) is 9.97 Å². The van der Waals surface area contributed by atoms with Crippen molar-refractivity contribution >= 4 is 34.7 Å². The van der Waals surface area contributed by atoms with Crippen LogP contribution in [0.3, 0.4) is 0 Å². The molecule has 0 radical (unpaired) electrons. The van der Waals surface area contributed by atoms with Crippen molar-refractivity contribution in [2.24, 2.45) is 0 Å². The number of carbonyl (C=O) groups is 1. The van der Waals surface area contributed by atoms with Gasteiger partial charge in [0.25, 0.3) is 11.3 Å². The third kappa shape index (κ3) is 3.82. The van der Waals surface area contributed by atoms with Gasteiger partial charge in [0.2, 0.25) is 0 Å². The summed E-state index contributed by atoms with van der Waals surface area (Å²) in [5.74, 6) is 0.0390. The number of benzene rings is 1. The van der Waals surface area contributed by atoms with E-state index in [0.717, 1.165) is 11.3 Å². The largest absolute Gasteiger partial charge is 0.435 e. The summed E-state index contributed by atoms with van der Waals surface area (Å²) in [6, 6.07) is 11.1. The van der Waals surface area contributed by atoms with E-state index in [1.54, 1.807) is 18.3 Å². The molecular formula is C16H14ClN5O2. The van der Waals surface area contributed by atoms with E-state index in [0.29, 0.717) is 18.1 Å². The van der Waals surface area contributed by atoms with Gasteiger partial charge in [0.1, 0.15) is 12.1 Å². The predicted octanol–water partition coefficient (Wildman–Crippen LogP) is 3.17. The van der Waals surface area contributed by atoms with Crippen LogP contribution in [0.2, 0.25) is 5.35 Å². The van der Waals surface area contributed by atoms with Crippen LogP contribution in [0.1, 0.15) is 16.1 Å². The molecule has 24 heavy (non-hydrogen) atoms. The van der Waals surface area contributed by atoms with Gasteiger partial charge in [-0.15, -0.1) is 0 Å². The van der Waals surface area contributed by atoms with Crippen LogP contribution < -0.4 is 16.4 Å². The van der Waals surface area contributed by atoms with Gasteiger partial charge in [-0.05, 0) is 41.4 Å². The Morgan fingerprint density at radius 2 is 2.17 bits per heavy atom. The highest BCUT2D eigenvalue weighted by Gasteiger charge is 2.11. The van der Waals surface area contributed by atoms with E-state index in [2.05, 4.69) is 20.6 Å². The second-order valence-electron chi connectivity index (χ2n) is 4.93. The Bertz CT molecular complexity index is 865. The van der Waals surface area contributed by atoms with Gasteiger partial charge in [-0.25, -0.2) is 4.98 Å². The van der Waals surface area contributed by atoms with Crippen molar-refractivity contribution in [3.8, 4) is 0 Å². The van der Waals surface area contributed by atoms with E-state index in [1.165, 1.54) is 6.26 Å². The molecule has 0 atom stereocenters. The van der Waals surface area contributed by atoms with Crippen LogP contribution in [0, 0.1) is 0 Å². The summed E-state index contributed by atoms with van der Waals surface area (Å²) in [5, 5.41) is 5.86. The summed E-state index contributed by atoms with van der Waals surface area (Å²) in [7, 11) is 0. The minimum atomic E-state index is -0.396. The molecule has 0 saturated heterocycles. The molecule has 0 fully saturated rings. The zero-order chi connectivity index (χ0) is 16.9. The van der Waals surface area contributed by atoms with Gasteiger partial charge in [-0.2, -0.15) is 4.98 Å². The summed E-state index contributed by atoms with van der Waals surface area (Å²) < 4.78 is 4.81. The third-order valence-corrected chi connectivity index (χ3v) is 3.39. The topological polar surface area (TPSA) is 106 Å². The Balaban J connectivity index is 1.66. The van der Waals surface area contributed by atoms with Crippen LogP contribution in [-0.2, 0) is 6.54 Å². The van der Waals surface area contributed by atoms with Crippen LogP contribution in [0.5, 0.6) is 0 Å². The zero-order valence-electron chi connectivity index (χ0n) is 12.5. The van der Waals surface area contributed by atoms with Gasteiger partial charge in [0, 0.05) is 18.4 Å². The lowest BCUT2D eigenvalue weighted by Crippen LogP contribution is -2.12. The summed E-state index contributed by atoms with van der Waals surface area (Å²) in [6.07, 6.45) is 2.83. The second-order valence-corrected chi connectivity index (χ2v) is 5.25. The first-order valence-corrected chi connectivity index (χ1v) is 7.45. The van der Waals surface area contributed by atoms with E-state index in [-0.39, 0.29) is 11.0 Å². The second kappa shape index (κ2) is 7.01. The maximum atomic E-state index is 12.0. The smallest absolute Gasteiger partial charge is 0.292 e. The Kier molecular flexibility index (Phi) is 4.62. The molecule has 0 aliphatic heterocycles. The van der Waals surface area contributed by atoms with Crippen LogP contribution in [0.25, 0.3) is 0 Å². The first-order valence-electron chi connectivity index (χ1n) is 7.07. The van der Waals surface area contributed by atoms with Gasteiger partial charge in [0.05, 0.1) is 5.69 Å². The minimum absolute atomic E-state index is 0.0767. The van der Waals surface area contributed by atoms with E-state index in [4.69, 9.17) is 21.8 Å². The molecular weight excluding hydrogens is 330 g/mol. The molecule has 3 rings (SSSR count). The summed E-state index contributed by atoms with van der Waals surface area (Å²) in [4.78, 5) is 19.8. The van der Waals surface area contributed by atoms with Crippen molar-refractivity contribution in [3.05, 3.63) is 65.5 Å². The van der Waals surface area contributed by atoms with Crippen molar-refractivity contribution in [1.29, 1.82) is 0 Å². The number of halogens is 1. The molecule has 2 heterocycles. The Labute approximate surface area is 142 Å². The number of anilines is 3. The molecule has 0 aliphatic rings. The number of carbonyl (C=O) groups excluding carboxylic acids is 1. The first-order chi connectivity index (χ1) is 11.6. The fourth-order valence-corrected chi connectivity index (χ4v) is 2.21. The standard InChI is InChI=1S/C16H14ClN5O2/c17-16-22-13(9-24-16)15(23)21-11-4-1-3-10(7-11)8-20-12-5-2-6-19-14(12)18/h1-7,9,20H,8H2,(H2,18,19)(H,21,23). The van der Waals surface area contributed by atoms with Crippen molar-refractivity contribution < 1.29 is 9.21 Å². The van der Waals surface area contributed by atoms with E-state index < -0.39 is 5.91 Å². The molecule has 0 spiro atoms. The number of nitrogens with one attached hydrogen (secondary N) is 2. The van der Waals surface area contributed by atoms with E-state index in [1.807, 2.05) is 24.3 Å². The number of nitrogens with two attached hydrogens (primary N) is 1. The normalized spacial score (nSPS) is 10.4. The molecule has 4 N–H and O–H groups in total. The summed E-state index contributed by atoms with van der Waals surface area (Å²) in [6.45, 7) is 0.537. The molecule has 7 nitrogen and oxygen atoms in total. The third-order valence-electron chi connectivity index (χ3n) is 3.22. The molecule has 0 saturated carbocycles. The minimum Gasteiger partial charge on any atom is -0.435 e. The highest BCUT2D eigenvalue weighted by atomic mass is 35.5. The van der Waals surface area contributed by atoms with Crippen molar-refractivity contribution in [2.45, 2.75) is 6.54 Å². The Morgan fingerprint density at radius 3 is 2.92 bits per heavy atom. The Morgan fingerprint density at radius 1 is 1.29 bits per heavy atom. The number of oxazole rings is 1. The first kappa shape index (κ1) is 15.8. The van der Waals surface area contributed by atoms with Crippen molar-refractivity contribution in [3.63, 3.8) is 0 Å². The molecule has 0 unspecified atom stereocenters. The number of pyridine rings is 1. The van der Waals surface area contributed by atoms with E-state index in [9.17, 15) is 4.79 Å². The van der Waals surface area contributed by atoms with Gasteiger partial charge in [0.15, 0.2) is 5.69 Å².